The average molecular weight is 217 g/mol. The monoisotopic (exact) mass is 217 g/mol. The van der Waals surface area contributed by atoms with Crippen LogP contribution in [-0.4, -0.2) is 47.1 Å². The normalized spacial score (nSPS) is 23.6. The van der Waals surface area contributed by atoms with Crippen LogP contribution < -0.4 is 0 Å². The lowest BCUT2D eigenvalue weighted by molar-refractivity contribution is -0.138. The molecule has 82 valence electrons. The van der Waals surface area contributed by atoms with E-state index in [1.54, 1.807) is 0 Å². The summed E-state index contributed by atoms with van der Waals surface area (Å²) in [6, 6.07) is 0.286. The van der Waals surface area contributed by atoms with Gasteiger partial charge in [0.05, 0.1) is 6.42 Å². The van der Waals surface area contributed by atoms with Gasteiger partial charge in [-0.3, -0.25) is 9.69 Å². The second kappa shape index (κ2) is 6.30. The number of piperidine rings is 1. The fourth-order valence-corrected chi connectivity index (χ4v) is 2.41. The van der Waals surface area contributed by atoms with E-state index in [9.17, 15) is 4.79 Å². The molecule has 0 bridgehead atoms. The third kappa shape index (κ3) is 3.88. The van der Waals surface area contributed by atoms with Crippen LogP contribution >= 0.6 is 11.8 Å². The SMILES string of the molecule is CSCCN1CCCCC1CC(=O)O. The third-order valence-corrected chi connectivity index (χ3v) is 3.33. The first-order valence-electron chi connectivity index (χ1n) is 5.19. The fourth-order valence-electron chi connectivity index (χ4n) is 2.00. The minimum absolute atomic E-state index is 0.286. The highest BCUT2D eigenvalue weighted by Crippen LogP contribution is 2.19. The molecule has 1 unspecified atom stereocenters. The number of rotatable bonds is 5. The molecule has 0 aromatic rings. The van der Waals surface area contributed by atoms with E-state index >= 15 is 0 Å². The largest absolute Gasteiger partial charge is 0.481 e. The molecule has 0 saturated carbocycles. The van der Waals surface area contributed by atoms with Gasteiger partial charge in [0.15, 0.2) is 0 Å². The Balaban J connectivity index is 2.37. The number of carbonyl (C=O) groups is 1. The molecule has 1 atom stereocenters. The number of thioether (sulfide) groups is 1. The molecule has 3 nitrogen and oxygen atoms in total. The van der Waals surface area contributed by atoms with Crippen LogP contribution in [0.1, 0.15) is 25.7 Å². The highest BCUT2D eigenvalue weighted by atomic mass is 32.2. The first-order chi connectivity index (χ1) is 6.74. The zero-order valence-electron chi connectivity index (χ0n) is 8.74. The third-order valence-electron chi connectivity index (χ3n) is 2.74. The predicted molar refractivity (Wildman–Crippen MR) is 59.8 cm³/mol. The molecule has 1 heterocycles. The molecular formula is C10H19NO2S. The summed E-state index contributed by atoms with van der Waals surface area (Å²) in [4.78, 5) is 13.0. The van der Waals surface area contributed by atoms with Gasteiger partial charge in [0, 0.05) is 18.3 Å². The van der Waals surface area contributed by atoms with Crippen LogP contribution in [0.4, 0.5) is 0 Å². The summed E-state index contributed by atoms with van der Waals surface area (Å²) in [6.07, 6.45) is 5.88. The Kier molecular flexibility index (Phi) is 5.33. The van der Waals surface area contributed by atoms with Crippen molar-refractivity contribution >= 4 is 17.7 Å². The molecule has 1 saturated heterocycles. The minimum Gasteiger partial charge on any atom is -0.481 e. The molecular weight excluding hydrogens is 198 g/mol. The summed E-state index contributed by atoms with van der Waals surface area (Å²) in [5.74, 6) is 0.446. The highest BCUT2D eigenvalue weighted by molar-refractivity contribution is 7.98. The molecule has 1 N–H and O–H groups in total. The van der Waals surface area contributed by atoms with E-state index in [-0.39, 0.29) is 6.04 Å². The molecule has 0 spiro atoms. The van der Waals surface area contributed by atoms with Gasteiger partial charge < -0.3 is 5.11 Å². The number of aliphatic carboxylic acids is 1. The van der Waals surface area contributed by atoms with Crippen LogP contribution in [0.25, 0.3) is 0 Å². The van der Waals surface area contributed by atoms with Crippen molar-refractivity contribution in [1.29, 1.82) is 0 Å². The predicted octanol–water partition coefficient (Wildman–Crippen LogP) is 1.68. The zero-order chi connectivity index (χ0) is 10.4. The summed E-state index contributed by atoms with van der Waals surface area (Å²) in [5.41, 5.74) is 0. The fraction of sp³-hybridized carbons (Fsp3) is 0.900. The molecule has 4 heteroatoms. The molecule has 0 amide bonds. The Morgan fingerprint density at radius 3 is 3.00 bits per heavy atom. The number of likely N-dealkylation sites (tertiary alicyclic amines) is 1. The van der Waals surface area contributed by atoms with E-state index < -0.39 is 5.97 Å². The molecule has 14 heavy (non-hydrogen) atoms. The topological polar surface area (TPSA) is 40.5 Å². The maximum absolute atomic E-state index is 10.7. The van der Waals surface area contributed by atoms with E-state index in [4.69, 9.17) is 5.11 Å². The van der Waals surface area contributed by atoms with Crippen molar-refractivity contribution in [2.75, 3.05) is 25.1 Å². The van der Waals surface area contributed by atoms with Crippen LogP contribution in [0, 0.1) is 0 Å². The maximum atomic E-state index is 10.7. The van der Waals surface area contributed by atoms with Gasteiger partial charge in [-0.05, 0) is 25.6 Å². The van der Waals surface area contributed by atoms with Gasteiger partial charge in [-0.25, -0.2) is 0 Å². The molecule has 0 radical (unpaired) electrons. The van der Waals surface area contributed by atoms with E-state index in [1.165, 1.54) is 12.8 Å². The van der Waals surface area contributed by atoms with Gasteiger partial charge in [0.2, 0.25) is 0 Å². The second-order valence-electron chi connectivity index (χ2n) is 3.78. The minimum atomic E-state index is -0.661. The average Bonchev–Trinajstić information content (AvgIpc) is 2.16. The van der Waals surface area contributed by atoms with Gasteiger partial charge in [0.25, 0.3) is 0 Å². The van der Waals surface area contributed by atoms with Gasteiger partial charge in [-0.2, -0.15) is 11.8 Å². The van der Waals surface area contributed by atoms with Gasteiger partial charge in [-0.1, -0.05) is 6.42 Å². The van der Waals surface area contributed by atoms with Gasteiger partial charge in [0.1, 0.15) is 0 Å². The summed E-state index contributed by atoms with van der Waals surface area (Å²) in [7, 11) is 0. The summed E-state index contributed by atoms with van der Waals surface area (Å²) in [6.45, 7) is 2.12. The number of carboxylic acids is 1. The summed E-state index contributed by atoms with van der Waals surface area (Å²) < 4.78 is 0. The molecule has 1 aliphatic rings. The molecule has 0 aromatic heterocycles. The molecule has 0 aliphatic carbocycles. The summed E-state index contributed by atoms with van der Waals surface area (Å²) in [5, 5.41) is 8.78. The summed E-state index contributed by atoms with van der Waals surface area (Å²) >= 11 is 1.83. The Morgan fingerprint density at radius 2 is 2.36 bits per heavy atom. The van der Waals surface area contributed by atoms with E-state index in [2.05, 4.69) is 11.2 Å². The molecule has 1 rings (SSSR count). The van der Waals surface area contributed by atoms with Crippen LogP contribution in [0.3, 0.4) is 0 Å². The van der Waals surface area contributed by atoms with Gasteiger partial charge >= 0.3 is 5.97 Å². The Hall–Kier alpha value is -0.220. The van der Waals surface area contributed by atoms with E-state index in [0.717, 1.165) is 25.3 Å². The molecule has 1 aliphatic heterocycles. The van der Waals surface area contributed by atoms with Crippen LogP contribution in [0.15, 0.2) is 0 Å². The van der Waals surface area contributed by atoms with Gasteiger partial charge in [-0.15, -0.1) is 0 Å². The number of hydrogen-bond acceptors (Lipinski definition) is 3. The van der Waals surface area contributed by atoms with Crippen molar-refractivity contribution in [3.05, 3.63) is 0 Å². The van der Waals surface area contributed by atoms with Crippen LogP contribution in [0.2, 0.25) is 0 Å². The van der Waals surface area contributed by atoms with Crippen molar-refractivity contribution in [3.8, 4) is 0 Å². The quantitative estimate of drug-likeness (QED) is 0.760. The van der Waals surface area contributed by atoms with Crippen molar-refractivity contribution in [3.63, 3.8) is 0 Å². The first-order valence-corrected chi connectivity index (χ1v) is 6.58. The lowest BCUT2D eigenvalue weighted by Crippen LogP contribution is -2.41. The Morgan fingerprint density at radius 1 is 1.57 bits per heavy atom. The standard InChI is InChI=1S/C10H19NO2S/c1-14-7-6-11-5-3-2-4-9(11)8-10(12)13/h9H,2-8H2,1H3,(H,12,13). The van der Waals surface area contributed by atoms with E-state index in [0.29, 0.717) is 6.42 Å². The van der Waals surface area contributed by atoms with Crippen LogP contribution in [-0.2, 0) is 4.79 Å². The van der Waals surface area contributed by atoms with Crippen molar-refractivity contribution < 1.29 is 9.90 Å². The van der Waals surface area contributed by atoms with Crippen molar-refractivity contribution in [2.24, 2.45) is 0 Å². The van der Waals surface area contributed by atoms with E-state index in [1.807, 2.05) is 11.8 Å². The smallest absolute Gasteiger partial charge is 0.304 e. The zero-order valence-corrected chi connectivity index (χ0v) is 9.55. The molecule has 1 fully saturated rings. The van der Waals surface area contributed by atoms with Crippen LogP contribution in [0.5, 0.6) is 0 Å². The Bertz CT molecular complexity index is 187. The lowest BCUT2D eigenvalue weighted by atomic mass is 9.99. The Labute approximate surface area is 89.9 Å². The number of nitrogens with zero attached hydrogens (tertiary/aromatic N) is 1. The maximum Gasteiger partial charge on any atom is 0.304 e. The van der Waals surface area contributed by atoms with Crippen molar-refractivity contribution in [1.82, 2.24) is 4.90 Å². The highest BCUT2D eigenvalue weighted by Gasteiger charge is 2.23. The lowest BCUT2D eigenvalue weighted by Gasteiger charge is -2.34. The molecule has 0 aromatic carbocycles. The second-order valence-corrected chi connectivity index (χ2v) is 4.76. The number of hydrogen-bond donors (Lipinski definition) is 1. The first kappa shape index (κ1) is 11.9. The van der Waals surface area contributed by atoms with Crippen molar-refractivity contribution in [2.45, 2.75) is 31.7 Å². The number of carboxylic acid groups (broad SMARTS) is 1.